The standard InChI is InChI=1S/C12H11N3O/c1-2-3-8-11(16)13-12-9-6-4-5-7-10(9)14-15-12/h1,4-7H,3,8H2,(H2,13,14,15,16). The van der Waals surface area contributed by atoms with E-state index in [1.807, 2.05) is 24.3 Å². The number of carbonyl (C=O) groups is 1. The van der Waals surface area contributed by atoms with Gasteiger partial charge in [-0.1, -0.05) is 12.1 Å². The number of hydrogen-bond donors (Lipinski definition) is 2. The number of nitrogens with zero attached hydrogens (tertiary/aromatic N) is 1. The van der Waals surface area contributed by atoms with Gasteiger partial charge in [-0.15, -0.1) is 12.3 Å². The number of hydrogen-bond acceptors (Lipinski definition) is 2. The number of nitrogens with one attached hydrogen (secondary N) is 2. The minimum absolute atomic E-state index is 0.116. The molecule has 0 saturated heterocycles. The molecule has 4 heteroatoms. The fourth-order valence-electron chi connectivity index (χ4n) is 1.44. The molecule has 0 aliphatic rings. The smallest absolute Gasteiger partial charge is 0.226 e. The van der Waals surface area contributed by atoms with Gasteiger partial charge in [-0.3, -0.25) is 9.89 Å². The Morgan fingerprint density at radius 2 is 2.31 bits per heavy atom. The second-order valence-corrected chi connectivity index (χ2v) is 3.37. The molecule has 16 heavy (non-hydrogen) atoms. The van der Waals surface area contributed by atoms with E-state index in [4.69, 9.17) is 6.42 Å². The van der Waals surface area contributed by atoms with Crippen LogP contribution in [0.25, 0.3) is 10.9 Å². The first-order valence-electron chi connectivity index (χ1n) is 4.97. The van der Waals surface area contributed by atoms with E-state index in [9.17, 15) is 4.79 Å². The molecule has 0 bridgehead atoms. The topological polar surface area (TPSA) is 57.8 Å². The third kappa shape index (κ3) is 2.04. The Morgan fingerprint density at radius 3 is 3.12 bits per heavy atom. The third-order valence-electron chi connectivity index (χ3n) is 2.22. The minimum Gasteiger partial charge on any atom is -0.309 e. The Labute approximate surface area is 93.0 Å². The number of fused-ring (bicyclic) bond motifs is 1. The van der Waals surface area contributed by atoms with Gasteiger partial charge >= 0.3 is 0 Å². The van der Waals surface area contributed by atoms with Crippen LogP contribution in [-0.4, -0.2) is 16.1 Å². The van der Waals surface area contributed by atoms with E-state index in [-0.39, 0.29) is 5.91 Å². The van der Waals surface area contributed by atoms with Crippen LogP contribution in [-0.2, 0) is 4.79 Å². The lowest BCUT2D eigenvalue weighted by Crippen LogP contribution is -2.11. The predicted molar refractivity (Wildman–Crippen MR) is 62.8 cm³/mol. The van der Waals surface area contributed by atoms with Gasteiger partial charge in [0.2, 0.25) is 5.91 Å². The maximum absolute atomic E-state index is 11.5. The maximum Gasteiger partial charge on any atom is 0.226 e. The lowest BCUT2D eigenvalue weighted by atomic mass is 10.2. The van der Waals surface area contributed by atoms with Crippen LogP contribution >= 0.6 is 0 Å². The molecule has 2 N–H and O–H groups in total. The average molecular weight is 213 g/mol. The van der Waals surface area contributed by atoms with Crippen molar-refractivity contribution in [3.8, 4) is 12.3 Å². The molecule has 0 radical (unpaired) electrons. The number of aromatic amines is 1. The first-order chi connectivity index (χ1) is 7.81. The summed E-state index contributed by atoms with van der Waals surface area (Å²) in [6.07, 6.45) is 5.84. The SMILES string of the molecule is C#CCCC(=O)Nc1n[nH]c2ccccc12. The fourth-order valence-corrected chi connectivity index (χ4v) is 1.44. The molecular weight excluding hydrogens is 202 g/mol. The van der Waals surface area contributed by atoms with Gasteiger partial charge in [-0.05, 0) is 12.1 Å². The van der Waals surface area contributed by atoms with Crippen LogP contribution in [0.1, 0.15) is 12.8 Å². The van der Waals surface area contributed by atoms with E-state index >= 15 is 0 Å². The first kappa shape index (κ1) is 10.2. The second kappa shape index (κ2) is 4.49. The van der Waals surface area contributed by atoms with Crippen molar-refractivity contribution in [1.29, 1.82) is 0 Å². The number of H-pyrrole nitrogens is 1. The maximum atomic E-state index is 11.5. The van der Waals surface area contributed by atoms with Gasteiger partial charge in [-0.2, -0.15) is 5.10 Å². The molecule has 0 aliphatic heterocycles. The predicted octanol–water partition coefficient (Wildman–Crippen LogP) is 1.91. The molecule has 0 atom stereocenters. The molecule has 0 unspecified atom stereocenters. The zero-order chi connectivity index (χ0) is 11.4. The van der Waals surface area contributed by atoms with E-state index in [1.54, 1.807) is 0 Å². The lowest BCUT2D eigenvalue weighted by Gasteiger charge is -1.99. The van der Waals surface area contributed by atoms with Crippen molar-refractivity contribution in [2.24, 2.45) is 0 Å². The lowest BCUT2D eigenvalue weighted by molar-refractivity contribution is -0.116. The van der Waals surface area contributed by atoms with Gasteiger partial charge in [-0.25, -0.2) is 0 Å². The highest BCUT2D eigenvalue weighted by molar-refractivity contribution is 5.99. The quantitative estimate of drug-likeness (QED) is 0.765. The van der Waals surface area contributed by atoms with Crippen LogP contribution in [0.2, 0.25) is 0 Å². The molecule has 2 aromatic rings. The summed E-state index contributed by atoms with van der Waals surface area (Å²) in [6.45, 7) is 0. The summed E-state index contributed by atoms with van der Waals surface area (Å²) in [7, 11) is 0. The van der Waals surface area contributed by atoms with Crippen molar-refractivity contribution in [3.05, 3.63) is 24.3 Å². The van der Waals surface area contributed by atoms with Crippen LogP contribution in [0.4, 0.5) is 5.82 Å². The van der Waals surface area contributed by atoms with E-state index in [0.717, 1.165) is 10.9 Å². The molecule has 1 heterocycles. The van der Waals surface area contributed by atoms with Crippen LogP contribution in [0.3, 0.4) is 0 Å². The summed E-state index contributed by atoms with van der Waals surface area (Å²) >= 11 is 0. The van der Waals surface area contributed by atoms with Crippen LogP contribution in [0.15, 0.2) is 24.3 Å². The molecule has 1 amide bonds. The van der Waals surface area contributed by atoms with Crippen molar-refractivity contribution in [2.75, 3.05) is 5.32 Å². The Bertz CT molecular complexity index is 551. The number of anilines is 1. The van der Waals surface area contributed by atoms with E-state index < -0.39 is 0 Å². The highest BCUT2D eigenvalue weighted by Crippen LogP contribution is 2.19. The molecule has 2 rings (SSSR count). The normalized spacial score (nSPS) is 9.94. The number of rotatable bonds is 3. The molecule has 1 aromatic carbocycles. The van der Waals surface area contributed by atoms with Gasteiger partial charge in [0.25, 0.3) is 0 Å². The third-order valence-corrected chi connectivity index (χ3v) is 2.22. The van der Waals surface area contributed by atoms with Crippen molar-refractivity contribution in [2.45, 2.75) is 12.8 Å². The first-order valence-corrected chi connectivity index (χ1v) is 4.97. The highest BCUT2D eigenvalue weighted by Gasteiger charge is 2.07. The van der Waals surface area contributed by atoms with Crippen molar-refractivity contribution >= 4 is 22.6 Å². The summed E-state index contributed by atoms with van der Waals surface area (Å²) < 4.78 is 0. The number of para-hydroxylation sites is 1. The number of amides is 1. The van der Waals surface area contributed by atoms with Crippen molar-refractivity contribution in [3.63, 3.8) is 0 Å². The van der Waals surface area contributed by atoms with E-state index in [0.29, 0.717) is 18.7 Å². The number of aromatic nitrogens is 2. The summed E-state index contributed by atoms with van der Waals surface area (Å²) in [6, 6.07) is 7.61. The largest absolute Gasteiger partial charge is 0.309 e. The minimum atomic E-state index is -0.116. The fraction of sp³-hybridized carbons (Fsp3) is 0.167. The molecule has 1 aromatic heterocycles. The summed E-state index contributed by atoms with van der Waals surface area (Å²) in [4.78, 5) is 11.5. The highest BCUT2D eigenvalue weighted by atomic mass is 16.1. The number of terminal acetylenes is 1. The van der Waals surface area contributed by atoms with Crippen LogP contribution in [0, 0.1) is 12.3 Å². The van der Waals surface area contributed by atoms with E-state index in [2.05, 4.69) is 21.4 Å². The molecule has 80 valence electrons. The summed E-state index contributed by atoms with van der Waals surface area (Å²) in [5, 5.41) is 10.5. The Balaban J connectivity index is 2.16. The molecule has 4 nitrogen and oxygen atoms in total. The van der Waals surface area contributed by atoms with Gasteiger partial charge < -0.3 is 5.32 Å². The van der Waals surface area contributed by atoms with Gasteiger partial charge in [0.1, 0.15) is 0 Å². The van der Waals surface area contributed by atoms with E-state index in [1.165, 1.54) is 0 Å². The van der Waals surface area contributed by atoms with Gasteiger partial charge in [0.05, 0.1) is 5.52 Å². The van der Waals surface area contributed by atoms with Crippen LogP contribution in [0.5, 0.6) is 0 Å². The zero-order valence-corrected chi connectivity index (χ0v) is 8.66. The number of benzene rings is 1. The van der Waals surface area contributed by atoms with Crippen molar-refractivity contribution < 1.29 is 4.79 Å². The van der Waals surface area contributed by atoms with Gasteiger partial charge in [0, 0.05) is 18.2 Å². The Kier molecular flexibility index (Phi) is 2.88. The average Bonchev–Trinajstić information content (AvgIpc) is 2.70. The zero-order valence-electron chi connectivity index (χ0n) is 8.66. The summed E-state index contributed by atoms with van der Waals surface area (Å²) in [5.74, 6) is 2.86. The monoisotopic (exact) mass is 213 g/mol. The number of carbonyl (C=O) groups excluding carboxylic acids is 1. The van der Waals surface area contributed by atoms with Crippen LogP contribution < -0.4 is 5.32 Å². The second-order valence-electron chi connectivity index (χ2n) is 3.37. The Hall–Kier alpha value is -2.28. The Morgan fingerprint density at radius 1 is 1.50 bits per heavy atom. The van der Waals surface area contributed by atoms with Gasteiger partial charge in [0.15, 0.2) is 5.82 Å². The molecule has 0 saturated carbocycles. The molecule has 0 spiro atoms. The molecule has 0 fully saturated rings. The molecular formula is C12H11N3O. The summed E-state index contributed by atoms with van der Waals surface area (Å²) in [5.41, 5.74) is 0.898. The molecule has 0 aliphatic carbocycles. The van der Waals surface area contributed by atoms with Crippen molar-refractivity contribution in [1.82, 2.24) is 10.2 Å².